The molecule has 10 nitrogen and oxygen atoms in total. The molecule has 3 heterocycles. The van der Waals surface area contributed by atoms with E-state index in [1.165, 1.54) is 23.5 Å². The van der Waals surface area contributed by atoms with Crippen molar-refractivity contribution < 1.29 is 27.5 Å². The summed E-state index contributed by atoms with van der Waals surface area (Å²) in [5, 5.41) is 22.6. The van der Waals surface area contributed by atoms with Crippen LogP contribution in [0.1, 0.15) is 22.9 Å². The topological polar surface area (TPSA) is 122 Å². The van der Waals surface area contributed by atoms with Crippen LogP contribution in [0.15, 0.2) is 36.4 Å². The smallest absolute Gasteiger partial charge is 0.406 e. The van der Waals surface area contributed by atoms with Crippen LogP contribution in [0.2, 0.25) is 0 Å². The van der Waals surface area contributed by atoms with Crippen LogP contribution in [0.4, 0.5) is 29.9 Å². The van der Waals surface area contributed by atoms with E-state index in [0.717, 1.165) is 30.1 Å². The van der Waals surface area contributed by atoms with Crippen LogP contribution in [0, 0.1) is 0 Å². The Balaban J connectivity index is 1.31. The molecule has 0 saturated carbocycles. The molecule has 3 aromatic rings. The lowest BCUT2D eigenvalue weighted by molar-refractivity contribution is -0.274. The number of ether oxygens (including phenoxy) is 1. The molecule has 34 heavy (non-hydrogen) atoms. The molecule has 1 aromatic carbocycles. The van der Waals surface area contributed by atoms with Gasteiger partial charge in [0.15, 0.2) is 11.6 Å². The zero-order valence-corrected chi connectivity index (χ0v) is 18.3. The summed E-state index contributed by atoms with van der Waals surface area (Å²) in [6, 6.07) is 8.55. The average molecular weight is 493 g/mol. The molecule has 2 aromatic heterocycles. The van der Waals surface area contributed by atoms with Gasteiger partial charge in [-0.2, -0.15) is 0 Å². The fraction of sp³-hybridized carbons (Fsp3) is 0.300. The molecule has 1 aliphatic heterocycles. The number of hydrogen-bond donors (Lipinski definition) is 2. The summed E-state index contributed by atoms with van der Waals surface area (Å²) >= 11 is 1.33. The van der Waals surface area contributed by atoms with Crippen molar-refractivity contribution in [3.05, 3.63) is 47.0 Å². The summed E-state index contributed by atoms with van der Waals surface area (Å²) in [4.78, 5) is 24.8. The number of carbonyl (C=O) groups excluding carboxylic acids is 2. The predicted octanol–water partition coefficient (Wildman–Crippen LogP) is 2.97. The number of nitrogens with one attached hydrogen (secondary N) is 2. The molecule has 1 unspecified atom stereocenters. The molecule has 0 radical (unpaired) electrons. The van der Waals surface area contributed by atoms with Gasteiger partial charge in [0, 0.05) is 19.0 Å². The standard InChI is InChI=1S/C20H18F3N7O3S/c21-20(22,23)33-14-3-1-2-12(8-14)9-17(32)25-15-4-5-16(27-26-15)30-7-6-13(10-30)18-28-29-19(34-18)24-11-31/h1-5,8,11,13H,6-7,9-10H2,(H,24,29,31)(H,25,26,32). The van der Waals surface area contributed by atoms with Crippen molar-refractivity contribution in [1.82, 2.24) is 20.4 Å². The second-order valence-corrected chi connectivity index (χ2v) is 8.35. The van der Waals surface area contributed by atoms with Crippen molar-refractivity contribution in [2.75, 3.05) is 28.6 Å². The number of amides is 2. The molecule has 0 aliphatic carbocycles. The van der Waals surface area contributed by atoms with E-state index in [4.69, 9.17) is 0 Å². The third-order valence-electron chi connectivity index (χ3n) is 4.90. The third kappa shape index (κ3) is 6.15. The minimum Gasteiger partial charge on any atom is -0.406 e. The summed E-state index contributed by atoms with van der Waals surface area (Å²) in [5.41, 5.74) is 0.357. The predicted molar refractivity (Wildman–Crippen MR) is 117 cm³/mol. The SMILES string of the molecule is O=CNc1nnc(C2CCN(c3ccc(NC(=O)Cc4cccc(OC(F)(F)F)c4)nn3)C2)s1. The van der Waals surface area contributed by atoms with Crippen molar-refractivity contribution in [2.45, 2.75) is 25.1 Å². The summed E-state index contributed by atoms with van der Waals surface area (Å²) in [5.74, 6) is 0.159. The Morgan fingerprint density at radius 1 is 1.21 bits per heavy atom. The number of halogens is 3. The minimum absolute atomic E-state index is 0.151. The van der Waals surface area contributed by atoms with Gasteiger partial charge in [-0.05, 0) is 36.2 Å². The molecule has 14 heteroatoms. The van der Waals surface area contributed by atoms with Crippen molar-refractivity contribution in [3.8, 4) is 5.75 Å². The van der Waals surface area contributed by atoms with E-state index in [9.17, 15) is 22.8 Å². The number of alkyl halides is 3. The van der Waals surface area contributed by atoms with E-state index in [0.29, 0.717) is 29.5 Å². The van der Waals surface area contributed by atoms with E-state index in [-0.39, 0.29) is 18.2 Å². The molecule has 1 saturated heterocycles. The number of nitrogens with zero attached hydrogens (tertiary/aromatic N) is 5. The van der Waals surface area contributed by atoms with Gasteiger partial charge in [0.2, 0.25) is 17.4 Å². The highest BCUT2D eigenvalue weighted by Gasteiger charge is 2.31. The Hall–Kier alpha value is -3.81. The van der Waals surface area contributed by atoms with Gasteiger partial charge >= 0.3 is 6.36 Å². The van der Waals surface area contributed by atoms with Crippen LogP contribution in [0.5, 0.6) is 5.75 Å². The highest BCUT2D eigenvalue weighted by atomic mass is 32.1. The van der Waals surface area contributed by atoms with Crippen LogP contribution in [-0.4, -0.2) is 52.2 Å². The maximum Gasteiger partial charge on any atom is 0.573 e. The Morgan fingerprint density at radius 2 is 2.06 bits per heavy atom. The molecular weight excluding hydrogens is 475 g/mol. The molecule has 2 amide bonds. The van der Waals surface area contributed by atoms with Gasteiger partial charge in [-0.1, -0.05) is 23.5 Å². The maximum absolute atomic E-state index is 12.4. The van der Waals surface area contributed by atoms with Gasteiger partial charge < -0.3 is 20.3 Å². The summed E-state index contributed by atoms with van der Waals surface area (Å²) in [7, 11) is 0. The highest BCUT2D eigenvalue weighted by Crippen LogP contribution is 2.32. The number of benzene rings is 1. The number of aromatic nitrogens is 4. The minimum atomic E-state index is -4.80. The molecule has 2 N–H and O–H groups in total. The van der Waals surface area contributed by atoms with Crippen molar-refractivity contribution >= 4 is 40.4 Å². The molecule has 4 rings (SSSR count). The van der Waals surface area contributed by atoms with Crippen LogP contribution in [-0.2, 0) is 16.0 Å². The molecular formula is C20H18F3N7O3S. The summed E-state index contributed by atoms with van der Waals surface area (Å²) < 4.78 is 41.0. The summed E-state index contributed by atoms with van der Waals surface area (Å²) in [6.07, 6.45) is -3.57. The second kappa shape index (κ2) is 9.99. The van der Waals surface area contributed by atoms with Gasteiger partial charge in [0.1, 0.15) is 10.8 Å². The first-order valence-electron chi connectivity index (χ1n) is 10.1. The lowest BCUT2D eigenvalue weighted by atomic mass is 10.1. The van der Waals surface area contributed by atoms with E-state index >= 15 is 0 Å². The Labute approximate surface area is 195 Å². The van der Waals surface area contributed by atoms with Crippen molar-refractivity contribution in [2.24, 2.45) is 0 Å². The third-order valence-corrected chi connectivity index (χ3v) is 5.92. The van der Waals surface area contributed by atoms with E-state index in [1.807, 2.05) is 4.90 Å². The molecule has 0 bridgehead atoms. The van der Waals surface area contributed by atoms with Gasteiger partial charge in [-0.3, -0.25) is 9.59 Å². The number of carbonyl (C=O) groups is 2. The fourth-order valence-electron chi connectivity index (χ4n) is 3.46. The number of anilines is 3. The lowest BCUT2D eigenvalue weighted by Gasteiger charge is -2.16. The number of rotatable bonds is 8. The lowest BCUT2D eigenvalue weighted by Crippen LogP contribution is -2.21. The van der Waals surface area contributed by atoms with Crippen LogP contribution < -0.4 is 20.3 Å². The molecule has 1 aliphatic rings. The van der Waals surface area contributed by atoms with Gasteiger partial charge in [0.25, 0.3) is 0 Å². The molecule has 1 fully saturated rings. The molecule has 1 atom stereocenters. The van der Waals surface area contributed by atoms with Crippen LogP contribution in [0.25, 0.3) is 0 Å². The molecule has 178 valence electrons. The van der Waals surface area contributed by atoms with E-state index in [1.54, 1.807) is 12.1 Å². The van der Waals surface area contributed by atoms with Crippen LogP contribution in [0.3, 0.4) is 0 Å². The Kier molecular flexibility index (Phi) is 6.86. The van der Waals surface area contributed by atoms with Gasteiger partial charge in [-0.25, -0.2) is 0 Å². The second-order valence-electron chi connectivity index (χ2n) is 7.34. The highest BCUT2D eigenvalue weighted by molar-refractivity contribution is 7.15. The monoisotopic (exact) mass is 493 g/mol. The summed E-state index contributed by atoms with van der Waals surface area (Å²) in [6.45, 7) is 1.39. The normalized spacial score (nSPS) is 15.7. The van der Waals surface area contributed by atoms with Crippen molar-refractivity contribution in [3.63, 3.8) is 0 Å². The van der Waals surface area contributed by atoms with Gasteiger partial charge in [-0.15, -0.1) is 33.6 Å². The zero-order valence-electron chi connectivity index (χ0n) is 17.5. The zero-order chi connectivity index (χ0) is 24.1. The van der Waals surface area contributed by atoms with Crippen LogP contribution >= 0.6 is 11.3 Å². The van der Waals surface area contributed by atoms with E-state index in [2.05, 4.69) is 35.8 Å². The largest absolute Gasteiger partial charge is 0.573 e. The Bertz CT molecular complexity index is 1160. The average Bonchev–Trinajstić information content (AvgIpc) is 3.43. The first kappa shape index (κ1) is 23.4. The molecule has 0 spiro atoms. The maximum atomic E-state index is 12.4. The first-order chi connectivity index (χ1) is 16.3. The fourth-order valence-corrected chi connectivity index (χ4v) is 4.29. The number of hydrogen-bond acceptors (Lipinski definition) is 9. The van der Waals surface area contributed by atoms with Crippen molar-refractivity contribution in [1.29, 1.82) is 0 Å². The van der Waals surface area contributed by atoms with E-state index < -0.39 is 18.0 Å². The quantitative estimate of drug-likeness (QED) is 0.460. The Morgan fingerprint density at radius 3 is 2.79 bits per heavy atom. The van der Waals surface area contributed by atoms with Gasteiger partial charge in [0.05, 0.1) is 6.42 Å². The first-order valence-corrected chi connectivity index (χ1v) is 10.9.